The van der Waals surface area contributed by atoms with Gasteiger partial charge < -0.3 is 9.42 Å². The molecule has 1 fully saturated rings. The highest BCUT2D eigenvalue weighted by molar-refractivity contribution is 5.48. The summed E-state index contributed by atoms with van der Waals surface area (Å²) in [6, 6.07) is 2.32. The summed E-state index contributed by atoms with van der Waals surface area (Å²) >= 11 is 0. The highest BCUT2D eigenvalue weighted by Crippen LogP contribution is 2.36. The maximum atomic E-state index is 13.2. The summed E-state index contributed by atoms with van der Waals surface area (Å²) in [5, 5.41) is 3.76. The standard InChI is InChI=1S/C16H20F3N5O/c1-11-21-14(25-22-11)10-24-8-4-5-12(9-24)23(2)15-13(16(17,18)19)6-3-7-20-15/h3,6-7,12H,4-5,8-10H2,1-2H3. The summed E-state index contributed by atoms with van der Waals surface area (Å²) in [5.41, 5.74) is -0.706. The normalized spacial score (nSPS) is 19.2. The van der Waals surface area contributed by atoms with Crippen LogP contribution in [0.15, 0.2) is 22.9 Å². The predicted octanol–water partition coefficient (Wildman–Crippen LogP) is 2.89. The molecular formula is C16H20F3N5O. The van der Waals surface area contributed by atoms with E-state index in [1.807, 2.05) is 0 Å². The van der Waals surface area contributed by atoms with Crippen LogP contribution >= 0.6 is 0 Å². The number of likely N-dealkylation sites (N-methyl/N-ethyl adjacent to an activating group) is 1. The molecule has 0 saturated carbocycles. The number of rotatable bonds is 4. The monoisotopic (exact) mass is 355 g/mol. The molecule has 136 valence electrons. The number of piperidine rings is 1. The molecule has 9 heteroatoms. The lowest BCUT2D eigenvalue weighted by molar-refractivity contribution is -0.137. The number of pyridine rings is 1. The van der Waals surface area contributed by atoms with Crippen LogP contribution in [0.3, 0.4) is 0 Å². The molecule has 1 atom stereocenters. The minimum Gasteiger partial charge on any atom is -0.355 e. The number of hydrogen-bond donors (Lipinski definition) is 0. The Morgan fingerprint density at radius 1 is 1.40 bits per heavy atom. The fourth-order valence-electron chi connectivity index (χ4n) is 3.16. The smallest absolute Gasteiger partial charge is 0.355 e. The van der Waals surface area contributed by atoms with Crippen molar-refractivity contribution in [3.8, 4) is 0 Å². The average molecular weight is 355 g/mol. The highest BCUT2D eigenvalue weighted by Gasteiger charge is 2.36. The molecule has 2 aromatic heterocycles. The van der Waals surface area contributed by atoms with Crippen molar-refractivity contribution in [2.75, 3.05) is 25.0 Å². The molecule has 3 rings (SSSR count). The van der Waals surface area contributed by atoms with Crippen molar-refractivity contribution < 1.29 is 17.7 Å². The number of alkyl halides is 3. The Kier molecular flexibility index (Phi) is 4.94. The van der Waals surface area contributed by atoms with Crippen molar-refractivity contribution in [2.24, 2.45) is 0 Å². The van der Waals surface area contributed by atoms with Crippen molar-refractivity contribution in [1.29, 1.82) is 0 Å². The van der Waals surface area contributed by atoms with Gasteiger partial charge in [-0.3, -0.25) is 4.90 Å². The first-order valence-electron chi connectivity index (χ1n) is 8.11. The summed E-state index contributed by atoms with van der Waals surface area (Å²) in [5.74, 6) is 1.06. The summed E-state index contributed by atoms with van der Waals surface area (Å²) in [6.07, 6.45) is -1.34. The molecule has 0 radical (unpaired) electrons. The molecule has 0 N–H and O–H groups in total. The van der Waals surface area contributed by atoms with Gasteiger partial charge in [-0.25, -0.2) is 4.98 Å². The third kappa shape index (κ3) is 4.09. The summed E-state index contributed by atoms with van der Waals surface area (Å²) in [7, 11) is 1.67. The van der Waals surface area contributed by atoms with Crippen molar-refractivity contribution >= 4 is 5.82 Å². The zero-order valence-electron chi connectivity index (χ0n) is 14.1. The predicted molar refractivity (Wildman–Crippen MR) is 85.0 cm³/mol. The highest BCUT2D eigenvalue weighted by atomic mass is 19.4. The van der Waals surface area contributed by atoms with Gasteiger partial charge in [-0.2, -0.15) is 18.2 Å². The first-order chi connectivity index (χ1) is 11.8. The van der Waals surface area contributed by atoms with Crippen LogP contribution in [-0.2, 0) is 12.7 Å². The van der Waals surface area contributed by atoms with E-state index in [-0.39, 0.29) is 11.9 Å². The maximum Gasteiger partial charge on any atom is 0.419 e. The van der Waals surface area contributed by atoms with E-state index < -0.39 is 11.7 Å². The van der Waals surface area contributed by atoms with Gasteiger partial charge in [0.2, 0.25) is 5.89 Å². The quantitative estimate of drug-likeness (QED) is 0.841. The van der Waals surface area contributed by atoms with Crippen LogP contribution in [0.5, 0.6) is 0 Å². The minimum absolute atomic E-state index is 0.0320. The van der Waals surface area contributed by atoms with Crippen LogP contribution < -0.4 is 4.90 Å². The largest absolute Gasteiger partial charge is 0.419 e. The van der Waals surface area contributed by atoms with Crippen molar-refractivity contribution in [2.45, 2.75) is 38.5 Å². The molecule has 0 spiro atoms. The van der Waals surface area contributed by atoms with Gasteiger partial charge in [0.1, 0.15) is 5.82 Å². The Morgan fingerprint density at radius 2 is 2.20 bits per heavy atom. The van der Waals surface area contributed by atoms with Gasteiger partial charge in [-0.15, -0.1) is 0 Å². The average Bonchev–Trinajstić information content (AvgIpc) is 2.98. The molecule has 1 aliphatic heterocycles. The first-order valence-corrected chi connectivity index (χ1v) is 8.11. The number of nitrogens with zero attached hydrogens (tertiary/aromatic N) is 5. The van der Waals surface area contributed by atoms with E-state index in [9.17, 15) is 13.2 Å². The van der Waals surface area contributed by atoms with Gasteiger partial charge in [-0.1, -0.05) is 5.16 Å². The summed E-state index contributed by atoms with van der Waals surface area (Å²) in [4.78, 5) is 11.9. The molecular weight excluding hydrogens is 335 g/mol. The molecule has 0 aliphatic carbocycles. The molecule has 1 saturated heterocycles. The van der Waals surface area contributed by atoms with E-state index >= 15 is 0 Å². The molecule has 0 bridgehead atoms. The van der Waals surface area contributed by atoms with Crippen LogP contribution in [0.25, 0.3) is 0 Å². The van der Waals surface area contributed by atoms with Crippen LogP contribution in [-0.4, -0.2) is 46.2 Å². The van der Waals surface area contributed by atoms with Crippen molar-refractivity contribution in [3.05, 3.63) is 35.6 Å². The lowest BCUT2D eigenvalue weighted by atomic mass is 10.0. The molecule has 0 amide bonds. The Labute approximate surface area is 143 Å². The second-order valence-electron chi connectivity index (χ2n) is 6.25. The summed E-state index contributed by atoms with van der Waals surface area (Å²) < 4.78 is 44.8. The van der Waals surface area contributed by atoms with Gasteiger partial charge in [0.15, 0.2) is 5.82 Å². The molecule has 2 aromatic rings. The number of hydrogen-bond acceptors (Lipinski definition) is 6. The molecule has 6 nitrogen and oxygen atoms in total. The molecule has 0 aromatic carbocycles. The zero-order chi connectivity index (χ0) is 18.0. The van der Waals surface area contributed by atoms with E-state index in [1.54, 1.807) is 18.9 Å². The molecule has 25 heavy (non-hydrogen) atoms. The van der Waals surface area contributed by atoms with Crippen LogP contribution in [0.1, 0.15) is 30.1 Å². The number of aryl methyl sites for hydroxylation is 1. The Balaban J connectivity index is 1.73. The van der Waals surface area contributed by atoms with E-state index in [4.69, 9.17) is 4.52 Å². The topological polar surface area (TPSA) is 58.3 Å². The van der Waals surface area contributed by atoms with E-state index in [0.717, 1.165) is 25.5 Å². The minimum atomic E-state index is -4.42. The van der Waals surface area contributed by atoms with Gasteiger partial charge in [0, 0.05) is 25.8 Å². The van der Waals surface area contributed by atoms with Crippen molar-refractivity contribution in [1.82, 2.24) is 20.0 Å². The molecule has 1 unspecified atom stereocenters. The van der Waals surface area contributed by atoms with Gasteiger partial charge in [-0.05, 0) is 38.4 Å². The van der Waals surface area contributed by atoms with E-state index in [1.165, 1.54) is 12.3 Å². The second kappa shape index (κ2) is 6.99. The van der Waals surface area contributed by atoms with Crippen LogP contribution in [0, 0.1) is 6.92 Å². The van der Waals surface area contributed by atoms with E-state index in [0.29, 0.717) is 24.8 Å². The number of aromatic nitrogens is 3. The fraction of sp³-hybridized carbons (Fsp3) is 0.562. The molecule has 1 aliphatic rings. The van der Waals surface area contributed by atoms with Gasteiger partial charge >= 0.3 is 6.18 Å². The van der Waals surface area contributed by atoms with Crippen LogP contribution in [0.4, 0.5) is 19.0 Å². The molecule has 3 heterocycles. The SMILES string of the molecule is Cc1noc(CN2CCCC(N(C)c3ncccc3C(F)(F)F)C2)n1. The maximum absolute atomic E-state index is 13.2. The second-order valence-corrected chi connectivity index (χ2v) is 6.25. The third-order valence-electron chi connectivity index (χ3n) is 4.38. The Morgan fingerprint density at radius 3 is 2.88 bits per heavy atom. The number of halogens is 3. The number of likely N-dealkylation sites (tertiary alicyclic amines) is 1. The van der Waals surface area contributed by atoms with Crippen LogP contribution in [0.2, 0.25) is 0 Å². The lowest BCUT2D eigenvalue weighted by Gasteiger charge is -2.38. The Bertz CT molecular complexity index is 718. The summed E-state index contributed by atoms with van der Waals surface area (Å²) in [6.45, 7) is 3.71. The number of anilines is 1. The lowest BCUT2D eigenvalue weighted by Crippen LogP contribution is -2.47. The van der Waals surface area contributed by atoms with Gasteiger partial charge in [0.05, 0.1) is 12.1 Å². The van der Waals surface area contributed by atoms with E-state index in [2.05, 4.69) is 20.0 Å². The first kappa shape index (κ1) is 17.7. The zero-order valence-corrected chi connectivity index (χ0v) is 14.1. The van der Waals surface area contributed by atoms with Crippen molar-refractivity contribution in [3.63, 3.8) is 0 Å². The Hall–Kier alpha value is -2.16. The van der Waals surface area contributed by atoms with Gasteiger partial charge in [0.25, 0.3) is 0 Å². The third-order valence-corrected chi connectivity index (χ3v) is 4.38. The fourth-order valence-corrected chi connectivity index (χ4v) is 3.16.